The first kappa shape index (κ1) is 14.1. The van der Waals surface area contributed by atoms with Crippen molar-refractivity contribution in [3.63, 3.8) is 0 Å². The number of rotatable bonds is 3. The molecule has 1 aliphatic carbocycles. The first-order chi connectivity index (χ1) is 10.2. The van der Waals surface area contributed by atoms with E-state index in [1.54, 1.807) is 0 Å². The zero-order valence-corrected chi connectivity index (χ0v) is 12.1. The van der Waals surface area contributed by atoms with Crippen LogP contribution in [0.25, 0.3) is 10.8 Å². The summed E-state index contributed by atoms with van der Waals surface area (Å²) in [6.45, 7) is 0. The number of nitrogens with one attached hydrogen (secondary N) is 1. The van der Waals surface area contributed by atoms with Gasteiger partial charge in [0.15, 0.2) is 0 Å². The second-order valence-electron chi connectivity index (χ2n) is 5.93. The molecule has 0 radical (unpaired) electrons. The van der Waals surface area contributed by atoms with Gasteiger partial charge in [-0.2, -0.15) is 0 Å². The Labute approximate surface area is 125 Å². The zero-order valence-electron chi connectivity index (χ0n) is 12.1. The highest BCUT2D eigenvalue weighted by molar-refractivity contribution is 5.85. The van der Waals surface area contributed by atoms with Crippen molar-refractivity contribution < 1.29 is 9.90 Å². The summed E-state index contributed by atoms with van der Waals surface area (Å²) in [5.41, 5.74) is 1.04. The molecule has 0 atom stereocenters. The molecular weight excluding hydrogens is 262 g/mol. The lowest BCUT2D eigenvalue weighted by Crippen LogP contribution is -2.39. The lowest BCUT2D eigenvalue weighted by atomic mass is 9.93. The molecule has 2 N–H and O–H groups in total. The highest BCUT2D eigenvalue weighted by Crippen LogP contribution is 2.19. The summed E-state index contributed by atoms with van der Waals surface area (Å²) in [6.07, 6.45) is 3.58. The Bertz CT molecular complexity index is 630. The standard InChI is InChI=1S/C18H21NO2/c20-17-9-7-16(8-10-17)19-18(21)12-13-5-6-14-3-1-2-4-15(14)11-13/h1-6,11,16-17,20H,7-10,12H2,(H,19,21). The van der Waals surface area contributed by atoms with E-state index in [0.29, 0.717) is 6.42 Å². The molecule has 0 unspecified atom stereocenters. The molecule has 0 heterocycles. The van der Waals surface area contributed by atoms with Gasteiger partial charge >= 0.3 is 0 Å². The minimum Gasteiger partial charge on any atom is -0.393 e. The van der Waals surface area contributed by atoms with Crippen LogP contribution in [0.4, 0.5) is 0 Å². The molecule has 0 aliphatic heterocycles. The fraction of sp³-hybridized carbons (Fsp3) is 0.389. The minimum atomic E-state index is -0.182. The van der Waals surface area contributed by atoms with Gasteiger partial charge in [0.2, 0.25) is 5.91 Å². The van der Waals surface area contributed by atoms with Crippen LogP contribution in [0.3, 0.4) is 0 Å². The van der Waals surface area contributed by atoms with Crippen molar-refractivity contribution in [3.8, 4) is 0 Å². The van der Waals surface area contributed by atoms with E-state index < -0.39 is 0 Å². The average molecular weight is 283 g/mol. The Hall–Kier alpha value is -1.87. The number of carbonyl (C=O) groups is 1. The van der Waals surface area contributed by atoms with E-state index in [4.69, 9.17) is 0 Å². The molecular formula is C18H21NO2. The van der Waals surface area contributed by atoms with Gasteiger partial charge in [-0.1, -0.05) is 42.5 Å². The molecule has 2 aromatic carbocycles. The summed E-state index contributed by atoms with van der Waals surface area (Å²) in [4.78, 5) is 12.1. The molecule has 2 aromatic rings. The van der Waals surface area contributed by atoms with Gasteiger partial charge in [0, 0.05) is 6.04 Å². The highest BCUT2D eigenvalue weighted by atomic mass is 16.3. The zero-order chi connectivity index (χ0) is 14.7. The van der Waals surface area contributed by atoms with Gasteiger partial charge in [-0.25, -0.2) is 0 Å². The van der Waals surface area contributed by atoms with E-state index in [1.807, 2.05) is 18.2 Å². The second-order valence-corrected chi connectivity index (χ2v) is 5.93. The molecule has 1 fully saturated rings. The Morgan fingerprint density at radius 2 is 1.76 bits per heavy atom. The molecule has 3 nitrogen and oxygen atoms in total. The Balaban J connectivity index is 1.60. The van der Waals surface area contributed by atoms with Gasteiger partial charge < -0.3 is 10.4 Å². The molecule has 1 aliphatic rings. The molecule has 110 valence electrons. The van der Waals surface area contributed by atoms with Gasteiger partial charge in [0.25, 0.3) is 0 Å². The first-order valence-corrected chi connectivity index (χ1v) is 7.66. The van der Waals surface area contributed by atoms with Crippen molar-refractivity contribution in [2.24, 2.45) is 0 Å². The third-order valence-electron chi connectivity index (χ3n) is 4.24. The Morgan fingerprint density at radius 1 is 1.05 bits per heavy atom. The van der Waals surface area contributed by atoms with Crippen LogP contribution in [0.1, 0.15) is 31.2 Å². The number of fused-ring (bicyclic) bond motifs is 1. The fourth-order valence-electron chi connectivity index (χ4n) is 3.03. The van der Waals surface area contributed by atoms with Crippen molar-refractivity contribution in [1.29, 1.82) is 0 Å². The molecule has 21 heavy (non-hydrogen) atoms. The van der Waals surface area contributed by atoms with Crippen molar-refractivity contribution in [2.75, 3.05) is 0 Å². The van der Waals surface area contributed by atoms with Crippen LogP contribution < -0.4 is 5.32 Å². The lowest BCUT2D eigenvalue weighted by molar-refractivity contribution is -0.121. The number of aliphatic hydroxyl groups excluding tert-OH is 1. The molecule has 1 amide bonds. The summed E-state index contributed by atoms with van der Waals surface area (Å²) in [5, 5.41) is 14.9. The topological polar surface area (TPSA) is 49.3 Å². The van der Waals surface area contributed by atoms with Crippen LogP contribution in [0.2, 0.25) is 0 Å². The smallest absolute Gasteiger partial charge is 0.224 e. The number of benzene rings is 2. The summed E-state index contributed by atoms with van der Waals surface area (Å²) in [7, 11) is 0. The predicted octanol–water partition coefficient (Wildman–Crippen LogP) is 2.80. The monoisotopic (exact) mass is 283 g/mol. The fourth-order valence-corrected chi connectivity index (χ4v) is 3.03. The van der Waals surface area contributed by atoms with E-state index in [-0.39, 0.29) is 18.1 Å². The normalized spacial score (nSPS) is 22.1. The van der Waals surface area contributed by atoms with E-state index in [0.717, 1.165) is 31.2 Å². The summed E-state index contributed by atoms with van der Waals surface area (Å²) >= 11 is 0. The van der Waals surface area contributed by atoms with Gasteiger partial charge in [-0.05, 0) is 42.0 Å². The van der Waals surface area contributed by atoms with Crippen LogP contribution in [-0.2, 0) is 11.2 Å². The molecule has 0 bridgehead atoms. The van der Waals surface area contributed by atoms with Gasteiger partial charge in [0.1, 0.15) is 0 Å². The van der Waals surface area contributed by atoms with Crippen molar-refractivity contribution in [1.82, 2.24) is 5.32 Å². The second kappa shape index (κ2) is 6.27. The number of hydrogen-bond acceptors (Lipinski definition) is 2. The van der Waals surface area contributed by atoms with Crippen molar-refractivity contribution >= 4 is 16.7 Å². The quantitative estimate of drug-likeness (QED) is 0.910. The maximum absolute atomic E-state index is 12.1. The summed E-state index contributed by atoms with van der Waals surface area (Å²) < 4.78 is 0. The predicted molar refractivity (Wildman–Crippen MR) is 84.1 cm³/mol. The number of aliphatic hydroxyl groups is 1. The lowest BCUT2D eigenvalue weighted by Gasteiger charge is -2.26. The third-order valence-corrected chi connectivity index (χ3v) is 4.24. The Morgan fingerprint density at radius 3 is 2.52 bits per heavy atom. The first-order valence-electron chi connectivity index (χ1n) is 7.66. The van der Waals surface area contributed by atoms with E-state index >= 15 is 0 Å². The van der Waals surface area contributed by atoms with E-state index in [2.05, 4.69) is 29.6 Å². The van der Waals surface area contributed by atoms with Crippen LogP contribution in [0, 0.1) is 0 Å². The number of amides is 1. The molecule has 1 saturated carbocycles. The average Bonchev–Trinajstić information content (AvgIpc) is 2.49. The highest BCUT2D eigenvalue weighted by Gasteiger charge is 2.20. The number of carbonyl (C=O) groups excluding carboxylic acids is 1. The van der Waals surface area contributed by atoms with Crippen LogP contribution in [0.5, 0.6) is 0 Å². The third kappa shape index (κ3) is 3.61. The van der Waals surface area contributed by atoms with Crippen LogP contribution >= 0.6 is 0 Å². The largest absolute Gasteiger partial charge is 0.393 e. The maximum atomic E-state index is 12.1. The van der Waals surface area contributed by atoms with Crippen LogP contribution in [0.15, 0.2) is 42.5 Å². The van der Waals surface area contributed by atoms with Gasteiger partial charge in [0.05, 0.1) is 12.5 Å². The number of hydrogen-bond donors (Lipinski definition) is 2. The van der Waals surface area contributed by atoms with Crippen LogP contribution in [-0.4, -0.2) is 23.2 Å². The van der Waals surface area contributed by atoms with Gasteiger partial charge in [-0.3, -0.25) is 4.79 Å². The molecule has 0 spiro atoms. The van der Waals surface area contributed by atoms with Crippen molar-refractivity contribution in [2.45, 2.75) is 44.2 Å². The SMILES string of the molecule is O=C(Cc1ccc2ccccc2c1)NC1CCC(O)CC1. The molecule has 3 heteroatoms. The summed E-state index contributed by atoms with van der Waals surface area (Å²) in [6, 6.07) is 14.6. The minimum absolute atomic E-state index is 0.0756. The summed E-state index contributed by atoms with van der Waals surface area (Å²) in [5.74, 6) is 0.0756. The van der Waals surface area contributed by atoms with E-state index in [9.17, 15) is 9.90 Å². The Kier molecular flexibility index (Phi) is 4.20. The van der Waals surface area contributed by atoms with Crippen molar-refractivity contribution in [3.05, 3.63) is 48.0 Å². The maximum Gasteiger partial charge on any atom is 0.224 e. The molecule has 3 rings (SSSR count). The molecule has 0 saturated heterocycles. The molecule has 0 aromatic heterocycles. The van der Waals surface area contributed by atoms with E-state index in [1.165, 1.54) is 10.8 Å². The van der Waals surface area contributed by atoms with Gasteiger partial charge in [-0.15, -0.1) is 0 Å².